The van der Waals surface area contributed by atoms with E-state index in [0.29, 0.717) is 11.8 Å². The van der Waals surface area contributed by atoms with Crippen molar-refractivity contribution in [3.05, 3.63) is 5.82 Å². The van der Waals surface area contributed by atoms with Gasteiger partial charge in [0, 0.05) is 19.0 Å². The molecule has 4 heteroatoms. The van der Waals surface area contributed by atoms with E-state index in [1.54, 1.807) is 0 Å². The third kappa shape index (κ3) is 1.70. The predicted molar refractivity (Wildman–Crippen MR) is 63.5 cm³/mol. The van der Waals surface area contributed by atoms with Crippen molar-refractivity contribution in [2.75, 3.05) is 11.9 Å². The summed E-state index contributed by atoms with van der Waals surface area (Å²) in [5.41, 5.74) is 0. The van der Waals surface area contributed by atoms with E-state index >= 15 is 0 Å². The monoisotopic (exact) mass is 220 g/mol. The van der Waals surface area contributed by atoms with Gasteiger partial charge < -0.3 is 5.32 Å². The molecule has 0 aromatic carbocycles. The third-order valence-electron chi connectivity index (χ3n) is 3.85. The smallest absolute Gasteiger partial charge is 0.224 e. The predicted octanol–water partition coefficient (Wildman–Crippen LogP) is 2.39. The molecule has 4 nitrogen and oxygen atoms in total. The first-order chi connectivity index (χ1) is 7.84. The molecule has 3 rings (SSSR count). The molecule has 0 spiro atoms. The largest absolute Gasteiger partial charge is 0.354 e. The number of fused-ring (bicyclic) bond motifs is 1. The summed E-state index contributed by atoms with van der Waals surface area (Å²) >= 11 is 0. The number of hydrogen-bond acceptors (Lipinski definition) is 3. The van der Waals surface area contributed by atoms with Gasteiger partial charge in [-0.05, 0) is 18.8 Å². The van der Waals surface area contributed by atoms with Gasteiger partial charge in [0.05, 0.1) is 0 Å². The van der Waals surface area contributed by atoms with Crippen LogP contribution in [0.5, 0.6) is 0 Å². The third-order valence-corrected chi connectivity index (χ3v) is 3.85. The van der Waals surface area contributed by atoms with Crippen molar-refractivity contribution < 1.29 is 0 Å². The molecule has 0 bridgehead atoms. The van der Waals surface area contributed by atoms with Gasteiger partial charge in [0.15, 0.2) is 0 Å². The van der Waals surface area contributed by atoms with Crippen LogP contribution in [0.3, 0.4) is 0 Å². The van der Waals surface area contributed by atoms with E-state index in [1.807, 2.05) is 0 Å². The molecule has 1 aromatic rings. The maximum atomic E-state index is 4.41. The van der Waals surface area contributed by atoms with Gasteiger partial charge in [-0.3, -0.25) is 4.57 Å². The van der Waals surface area contributed by atoms with E-state index in [4.69, 9.17) is 0 Å². The van der Waals surface area contributed by atoms with Crippen molar-refractivity contribution in [2.45, 2.75) is 51.5 Å². The van der Waals surface area contributed by atoms with Gasteiger partial charge in [-0.15, -0.1) is 10.2 Å². The second kappa shape index (κ2) is 4.07. The second-order valence-corrected chi connectivity index (χ2v) is 5.31. The van der Waals surface area contributed by atoms with Crippen LogP contribution in [0.4, 0.5) is 5.95 Å². The van der Waals surface area contributed by atoms with Crippen LogP contribution in [-0.2, 0) is 6.54 Å². The van der Waals surface area contributed by atoms with Crippen molar-refractivity contribution in [1.29, 1.82) is 0 Å². The first-order valence-electron chi connectivity index (χ1n) is 6.51. The molecule has 1 fully saturated rings. The molecule has 1 aromatic heterocycles. The van der Waals surface area contributed by atoms with E-state index in [2.05, 4.69) is 27.0 Å². The summed E-state index contributed by atoms with van der Waals surface area (Å²) in [7, 11) is 0. The lowest BCUT2D eigenvalue weighted by atomic mass is 9.88. The Morgan fingerprint density at radius 2 is 2.00 bits per heavy atom. The molecule has 88 valence electrons. The van der Waals surface area contributed by atoms with Gasteiger partial charge >= 0.3 is 0 Å². The zero-order chi connectivity index (χ0) is 11.0. The molecule has 16 heavy (non-hydrogen) atoms. The topological polar surface area (TPSA) is 42.7 Å². The van der Waals surface area contributed by atoms with Crippen molar-refractivity contribution in [1.82, 2.24) is 14.8 Å². The van der Waals surface area contributed by atoms with Crippen LogP contribution in [-0.4, -0.2) is 21.3 Å². The minimum Gasteiger partial charge on any atom is -0.354 e. The summed E-state index contributed by atoms with van der Waals surface area (Å²) in [6.07, 6.45) is 6.71. The Morgan fingerprint density at radius 1 is 1.19 bits per heavy atom. The van der Waals surface area contributed by atoms with Gasteiger partial charge in [-0.25, -0.2) is 0 Å². The van der Waals surface area contributed by atoms with Crippen LogP contribution in [0.25, 0.3) is 0 Å². The summed E-state index contributed by atoms with van der Waals surface area (Å²) < 4.78 is 2.31. The van der Waals surface area contributed by atoms with Crippen LogP contribution in [0, 0.1) is 5.92 Å². The number of hydrogen-bond donors (Lipinski definition) is 1. The zero-order valence-corrected chi connectivity index (χ0v) is 9.95. The molecule has 1 atom stereocenters. The highest BCUT2D eigenvalue weighted by Crippen LogP contribution is 2.33. The first-order valence-corrected chi connectivity index (χ1v) is 6.51. The van der Waals surface area contributed by atoms with Gasteiger partial charge in [0.2, 0.25) is 5.95 Å². The van der Waals surface area contributed by atoms with E-state index in [9.17, 15) is 0 Å². The molecule has 1 unspecified atom stereocenters. The number of nitrogens with one attached hydrogen (secondary N) is 1. The van der Waals surface area contributed by atoms with Gasteiger partial charge in [-0.1, -0.05) is 26.2 Å². The van der Waals surface area contributed by atoms with Crippen molar-refractivity contribution in [3.8, 4) is 0 Å². The van der Waals surface area contributed by atoms with Crippen LogP contribution < -0.4 is 5.32 Å². The number of aromatic nitrogens is 3. The van der Waals surface area contributed by atoms with Gasteiger partial charge in [-0.2, -0.15) is 0 Å². The highest BCUT2D eigenvalue weighted by atomic mass is 15.4. The van der Waals surface area contributed by atoms with Gasteiger partial charge in [0.25, 0.3) is 0 Å². The van der Waals surface area contributed by atoms with E-state index in [0.717, 1.165) is 19.0 Å². The SMILES string of the molecule is CC1CNc2nnc(C3CCCCC3)n2C1. The highest BCUT2D eigenvalue weighted by molar-refractivity contribution is 5.29. The minimum atomic E-state index is 0.655. The molecule has 0 saturated heterocycles. The highest BCUT2D eigenvalue weighted by Gasteiger charge is 2.25. The van der Waals surface area contributed by atoms with Crippen molar-refractivity contribution >= 4 is 5.95 Å². The molecule has 1 aliphatic carbocycles. The Labute approximate surface area is 96.4 Å². The van der Waals surface area contributed by atoms with E-state index in [1.165, 1.54) is 37.9 Å². The Bertz CT molecular complexity index is 365. The first kappa shape index (κ1) is 10.1. The fraction of sp³-hybridized carbons (Fsp3) is 0.833. The van der Waals surface area contributed by atoms with Crippen LogP contribution in [0.15, 0.2) is 0 Å². The Kier molecular flexibility index (Phi) is 2.58. The van der Waals surface area contributed by atoms with E-state index < -0.39 is 0 Å². The molecule has 0 radical (unpaired) electrons. The standard InChI is InChI=1S/C12H20N4/c1-9-7-13-12-15-14-11(16(12)8-9)10-5-3-2-4-6-10/h9-10H,2-8H2,1H3,(H,13,15). The molecule has 1 N–H and O–H groups in total. The molecule has 2 aliphatic rings. The zero-order valence-electron chi connectivity index (χ0n) is 9.95. The van der Waals surface area contributed by atoms with Crippen molar-refractivity contribution in [2.24, 2.45) is 5.92 Å². The average molecular weight is 220 g/mol. The van der Waals surface area contributed by atoms with Crippen molar-refractivity contribution in [3.63, 3.8) is 0 Å². The lowest BCUT2D eigenvalue weighted by Crippen LogP contribution is -2.27. The Balaban J connectivity index is 1.86. The quantitative estimate of drug-likeness (QED) is 0.790. The summed E-state index contributed by atoms with van der Waals surface area (Å²) in [4.78, 5) is 0. The lowest BCUT2D eigenvalue weighted by Gasteiger charge is -2.26. The number of anilines is 1. The minimum absolute atomic E-state index is 0.655. The fourth-order valence-electron chi connectivity index (χ4n) is 2.93. The summed E-state index contributed by atoms with van der Waals surface area (Å²) in [5, 5.41) is 12.0. The Morgan fingerprint density at radius 3 is 2.81 bits per heavy atom. The van der Waals surface area contributed by atoms with Crippen LogP contribution in [0.2, 0.25) is 0 Å². The van der Waals surface area contributed by atoms with Gasteiger partial charge in [0.1, 0.15) is 5.82 Å². The molecule has 2 heterocycles. The average Bonchev–Trinajstić information content (AvgIpc) is 2.73. The molecular weight excluding hydrogens is 200 g/mol. The summed E-state index contributed by atoms with van der Waals surface area (Å²) in [6.45, 7) is 4.39. The van der Waals surface area contributed by atoms with E-state index in [-0.39, 0.29) is 0 Å². The van der Waals surface area contributed by atoms with Crippen LogP contribution in [0.1, 0.15) is 50.8 Å². The summed E-state index contributed by atoms with van der Waals surface area (Å²) in [5.74, 6) is 3.56. The Hall–Kier alpha value is -1.06. The summed E-state index contributed by atoms with van der Waals surface area (Å²) in [6, 6.07) is 0. The maximum Gasteiger partial charge on any atom is 0.224 e. The number of nitrogens with zero attached hydrogens (tertiary/aromatic N) is 3. The fourth-order valence-corrected chi connectivity index (χ4v) is 2.93. The maximum absolute atomic E-state index is 4.41. The molecule has 1 aliphatic heterocycles. The number of rotatable bonds is 1. The van der Waals surface area contributed by atoms with Crippen LogP contribution >= 0.6 is 0 Å². The second-order valence-electron chi connectivity index (χ2n) is 5.31. The molecular formula is C12H20N4. The molecule has 0 amide bonds. The lowest BCUT2D eigenvalue weighted by molar-refractivity contribution is 0.394. The molecule has 1 saturated carbocycles. The normalized spacial score (nSPS) is 26.2.